The monoisotopic (exact) mass is 495 g/mol. The smallest absolute Gasteiger partial charge is 0.305 e. The van der Waals surface area contributed by atoms with E-state index in [2.05, 4.69) is 45.1 Å². The number of rotatable bonds is 26. The number of unbranched alkanes of at least 4 members (excludes halogenated alkanes) is 9. The van der Waals surface area contributed by atoms with Gasteiger partial charge in [-0.05, 0) is 77.6 Å². The van der Waals surface area contributed by atoms with E-state index in [1.54, 1.807) is 0 Å². The standard InChI is InChI=1S/C30H55O5/c1-4-6-8-10-12-14-16-20-24-33-30(34-25-21-17-15-13-11-9-7-5-2)23-19-18-22-29(32)35-27-28(3)26-31/h12-15,28,30-31H,3-11,16-27H2,1-2H3/b14-12-,15-13-. The summed E-state index contributed by atoms with van der Waals surface area (Å²) in [4.78, 5) is 11.8. The fraction of sp³-hybridized carbons (Fsp3) is 0.800. The van der Waals surface area contributed by atoms with E-state index in [0.29, 0.717) is 19.6 Å². The van der Waals surface area contributed by atoms with Crippen molar-refractivity contribution in [1.82, 2.24) is 0 Å². The van der Waals surface area contributed by atoms with Gasteiger partial charge in [0, 0.05) is 18.9 Å². The van der Waals surface area contributed by atoms with Crippen LogP contribution in [-0.4, -0.2) is 43.8 Å². The number of hydrogen-bond donors (Lipinski definition) is 1. The van der Waals surface area contributed by atoms with Crippen LogP contribution < -0.4 is 0 Å². The molecule has 1 N–H and O–H groups in total. The third kappa shape index (κ3) is 25.7. The number of esters is 1. The molecule has 5 heteroatoms. The van der Waals surface area contributed by atoms with E-state index >= 15 is 0 Å². The van der Waals surface area contributed by atoms with Crippen LogP contribution in [-0.2, 0) is 19.0 Å². The highest BCUT2D eigenvalue weighted by molar-refractivity contribution is 5.69. The summed E-state index contributed by atoms with van der Waals surface area (Å²) in [7, 11) is 0. The molecule has 0 spiro atoms. The molecule has 0 aliphatic heterocycles. The van der Waals surface area contributed by atoms with Crippen LogP contribution in [0.25, 0.3) is 0 Å². The molecule has 0 aromatic rings. The topological polar surface area (TPSA) is 65.0 Å². The largest absolute Gasteiger partial charge is 0.465 e. The average molecular weight is 496 g/mol. The molecule has 0 bridgehead atoms. The minimum absolute atomic E-state index is 0.0765. The van der Waals surface area contributed by atoms with Crippen molar-refractivity contribution in [3.8, 4) is 0 Å². The van der Waals surface area contributed by atoms with Crippen molar-refractivity contribution in [2.24, 2.45) is 5.92 Å². The molecule has 0 aromatic heterocycles. The zero-order chi connectivity index (χ0) is 25.8. The molecule has 205 valence electrons. The fourth-order valence-electron chi connectivity index (χ4n) is 3.46. The fourth-order valence-corrected chi connectivity index (χ4v) is 3.46. The van der Waals surface area contributed by atoms with Crippen molar-refractivity contribution >= 4 is 5.97 Å². The van der Waals surface area contributed by atoms with E-state index in [4.69, 9.17) is 19.3 Å². The third-order valence-electron chi connectivity index (χ3n) is 5.73. The summed E-state index contributed by atoms with van der Waals surface area (Å²) in [5.41, 5.74) is 0. The average Bonchev–Trinajstić information content (AvgIpc) is 2.87. The Morgan fingerprint density at radius 3 is 1.77 bits per heavy atom. The van der Waals surface area contributed by atoms with Crippen LogP contribution in [0.5, 0.6) is 0 Å². The molecule has 1 atom stereocenters. The van der Waals surface area contributed by atoms with Crippen molar-refractivity contribution in [2.45, 2.75) is 123 Å². The highest BCUT2D eigenvalue weighted by atomic mass is 16.7. The van der Waals surface area contributed by atoms with Gasteiger partial charge < -0.3 is 19.3 Å². The summed E-state index contributed by atoms with van der Waals surface area (Å²) in [5.74, 6) is -0.496. The van der Waals surface area contributed by atoms with Gasteiger partial charge in [-0.2, -0.15) is 0 Å². The van der Waals surface area contributed by atoms with Gasteiger partial charge in [0.05, 0.1) is 19.8 Å². The molecule has 0 saturated heterocycles. The first-order valence-electron chi connectivity index (χ1n) is 14.3. The Kier molecular flexibility index (Phi) is 26.5. The van der Waals surface area contributed by atoms with Crippen LogP contribution in [0.1, 0.15) is 117 Å². The van der Waals surface area contributed by atoms with Crippen molar-refractivity contribution in [2.75, 3.05) is 26.4 Å². The highest BCUT2D eigenvalue weighted by Crippen LogP contribution is 2.12. The van der Waals surface area contributed by atoms with Gasteiger partial charge in [0.1, 0.15) is 0 Å². The second-order valence-corrected chi connectivity index (χ2v) is 9.37. The predicted molar refractivity (Wildman–Crippen MR) is 146 cm³/mol. The molecule has 0 aliphatic rings. The van der Waals surface area contributed by atoms with Gasteiger partial charge in [-0.25, -0.2) is 0 Å². The Morgan fingerprint density at radius 2 is 1.29 bits per heavy atom. The van der Waals surface area contributed by atoms with Crippen LogP contribution in [0, 0.1) is 12.8 Å². The molecule has 0 aliphatic carbocycles. The maximum atomic E-state index is 11.8. The maximum absolute atomic E-state index is 11.8. The van der Waals surface area contributed by atoms with Crippen LogP contribution in [0.15, 0.2) is 24.3 Å². The summed E-state index contributed by atoms with van der Waals surface area (Å²) in [6.07, 6.45) is 25.7. The first-order chi connectivity index (χ1) is 17.1. The summed E-state index contributed by atoms with van der Waals surface area (Å²) in [5, 5.41) is 8.96. The van der Waals surface area contributed by atoms with E-state index < -0.39 is 0 Å². The Hall–Kier alpha value is -1.17. The first kappa shape index (κ1) is 33.8. The van der Waals surface area contributed by atoms with Gasteiger partial charge in [0.15, 0.2) is 6.29 Å². The third-order valence-corrected chi connectivity index (χ3v) is 5.73. The lowest BCUT2D eigenvalue weighted by molar-refractivity contribution is -0.149. The van der Waals surface area contributed by atoms with Gasteiger partial charge in [0.2, 0.25) is 0 Å². The molecule has 35 heavy (non-hydrogen) atoms. The summed E-state index contributed by atoms with van der Waals surface area (Å²) in [6, 6.07) is 0. The van der Waals surface area contributed by atoms with Gasteiger partial charge in [-0.15, -0.1) is 0 Å². The van der Waals surface area contributed by atoms with Gasteiger partial charge in [-0.3, -0.25) is 4.79 Å². The molecule has 0 rings (SSSR count). The maximum Gasteiger partial charge on any atom is 0.305 e. The van der Waals surface area contributed by atoms with Gasteiger partial charge in [-0.1, -0.05) is 63.8 Å². The van der Waals surface area contributed by atoms with Crippen LogP contribution in [0.4, 0.5) is 0 Å². The lowest BCUT2D eigenvalue weighted by Gasteiger charge is -2.18. The lowest BCUT2D eigenvalue weighted by Crippen LogP contribution is -2.19. The number of carbonyl (C=O) groups is 1. The van der Waals surface area contributed by atoms with Crippen molar-refractivity contribution in [1.29, 1.82) is 0 Å². The summed E-state index contributed by atoms with van der Waals surface area (Å²) in [6.45, 7) is 9.64. The number of carbonyl (C=O) groups excluding carboxylic acids is 1. The Balaban J connectivity index is 4.14. The van der Waals surface area contributed by atoms with Crippen LogP contribution in [0.3, 0.4) is 0 Å². The zero-order valence-electron chi connectivity index (χ0n) is 22.9. The Labute approximate surface area is 216 Å². The zero-order valence-corrected chi connectivity index (χ0v) is 22.9. The molecule has 1 unspecified atom stereocenters. The molecule has 0 aromatic carbocycles. The number of hydrogen-bond acceptors (Lipinski definition) is 5. The van der Waals surface area contributed by atoms with Gasteiger partial charge >= 0.3 is 5.97 Å². The number of aliphatic hydroxyl groups is 1. The quantitative estimate of drug-likeness (QED) is 0.0576. The molecule has 0 fully saturated rings. The molecule has 0 heterocycles. The van der Waals surface area contributed by atoms with E-state index in [9.17, 15) is 4.79 Å². The van der Waals surface area contributed by atoms with Crippen molar-refractivity contribution < 1.29 is 24.1 Å². The van der Waals surface area contributed by atoms with E-state index in [-0.39, 0.29) is 31.4 Å². The summed E-state index contributed by atoms with van der Waals surface area (Å²) < 4.78 is 17.2. The van der Waals surface area contributed by atoms with E-state index in [0.717, 1.165) is 44.9 Å². The van der Waals surface area contributed by atoms with E-state index in [1.807, 2.05) is 0 Å². The van der Waals surface area contributed by atoms with Crippen molar-refractivity contribution in [3.05, 3.63) is 31.2 Å². The van der Waals surface area contributed by atoms with Crippen molar-refractivity contribution in [3.63, 3.8) is 0 Å². The normalized spacial score (nSPS) is 12.8. The Morgan fingerprint density at radius 1 is 0.771 bits per heavy atom. The number of ether oxygens (including phenoxy) is 3. The highest BCUT2D eigenvalue weighted by Gasteiger charge is 2.11. The summed E-state index contributed by atoms with van der Waals surface area (Å²) >= 11 is 0. The van der Waals surface area contributed by atoms with Crippen LogP contribution in [0.2, 0.25) is 0 Å². The first-order valence-corrected chi connectivity index (χ1v) is 14.3. The molecule has 0 amide bonds. The van der Waals surface area contributed by atoms with Crippen LogP contribution >= 0.6 is 0 Å². The molecule has 0 saturated carbocycles. The molecular weight excluding hydrogens is 440 g/mol. The second kappa shape index (κ2) is 27.4. The SMILES string of the molecule is [CH2]C(CO)COC(=O)CCCCC(OCCC/C=C\CCCCC)OCCC/C=C\CCCCC. The van der Waals surface area contributed by atoms with Gasteiger partial charge in [0.25, 0.3) is 0 Å². The minimum atomic E-state index is -0.262. The molecule has 5 nitrogen and oxygen atoms in total. The minimum Gasteiger partial charge on any atom is -0.465 e. The molecular formula is C30H55O5. The number of aliphatic hydroxyl groups excluding tert-OH is 1. The van der Waals surface area contributed by atoms with E-state index in [1.165, 1.54) is 51.4 Å². The Bertz CT molecular complexity index is 475. The lowest BCUT2D eigenvalue weighted by atomic mass is 10.2. The second-order valence-electron chi connectivity index (χ2n) is 9.37. The molecule has 1 radical (unpaired) electrons. The number of allylic oxidation sites excluding steroid dienone is 4. The predicted octanol–water partition coefficient (Wildman–Crippen LogP) is 7.73.